The van der Waals surface area contributed by atoms with Crippen molar-refractivity contribution >= 4 is 23.4 Å². The summed E-state index contributed by atoms with van der Waals surface area (Å²) in [4.78, 5) is 1.17. The molecule has 0 aromatic heterocycles. The van der Waals surface area contributed by atoms with Crippen molar-refractivity contribution in [2.24, 2.45) is 11.7 Å². The summed E-state index contributed by atoms with van der Waals surface area (Å²) in [6.07, 6.45) is 4.94. The fourth-order valence-electron chi connectivity index (χ4n) is 2.44. The molecule has 1 nitrogen and oxygen atoms in total. The van der Waals surface area contributed by atoms with E-state index < -0.39 is 0 Å². The number of hydrogen-bond acceptors (Lipinski definition) is 2. The smallest absolute Gasteiger partial charge is 0.0541 e. The zero-order chi connectivity index (χ0) is 12.3. The maximum atomic E-state index is 6.23. The van der Waals surface area contributed by atoms with Gasteiger partial charge in [0.2, 0.25) is 0 Å². The van der Waals surface area contributed by atoms with E-state index in [0.717, 1.165) is 17.4 Å². The maximum absolute atomic E-state index is 6.23. The molecule has 1 aromatic carbocycles. The van der Waals surface area contributed by atoms with Crippen molar-refractivity contribution in [2.75, 3.05) is 0 Å². The van der Waals surface area contributed by atoms with E-state index in [2.05, 4.69) is 13.0 Å². The van der Waals surface area contributed by atoms with Gasteiger partial charge in [-0.05, 0) is 37.3 Å². The standard InChI is InChI=1S/C14H20ClNS/c1-2-10-7-8-12(16)14(9-10)17-13-6-4-3-5-11(13)15/h3-6,10,12,14H,2,7-9,16H2,1H3. The second kappa shape index (κ2) is 6.12. The van der Waals surface area contributed by atoms with Gasteiger partial charge < -0.3 is 5.73 Å². The fourth-order valence-corrected chi connectivity index (χ4v) is 4.06. The lowest BCUT2D eigenvalue weighted by Crippen LogP contribution is -2.38. The van der Waals surface area contributed by atoms with Gasteiger partial charge in [-0.3, -0.25) is 0 Å². The minimum absolute atomic E-state index is 0.319. The summed E-state index contributed by atoms with van der Waals surface area (Å²) in [5, 5.41) is 1.37. The third-order valence-corrected chi connectivity index (χ3v) is 5.54. The van der Waals surface area contributed by atoms with Gasteiger partial charge in [-0.2, -0.15) is 0 Å². The zero-order valence-electron chi connectivity index (χ0n) is 10.2. The second-order valence-corrected chi connectivity index (χ2v) is 6.53. The van der Waals surface area contributed by atoms with Gasteiger partial charge in [0.25, 0.3) is 0 Å². The SMILES string of the molecule is CCC1CCC(N)C(Sc2ccccc2Cl)C1. The third kappa shape index (κ3) is 3.40. The lowest BCUT2D eigenvalue weighted by Gasteiger charge is -2.33. The Morgan fingerprint density at radius 3 is 2.82 bits per heavy atom. The van der Waals surface area contributed by atoms with Crippen LogP contribution < -0.4 is 5.73 Å². The topological polar surface area (TPSA) is 26.0 Å². The van der Waals surface area contributed by atoms with Crippen molar-refractivity contribution in [3.8, 4) is 0 Å². The van der Waals surface area contributed by atoms with Crippen LogP contribution in [-0.2, 0) is 0 Å². The minimum atomic E-state index is 0.319. The van der Waals surface area contributed by atoms with E-state index >= 15 is 0 Å². The molecule has 1 saturated carbocycles. The first kappa shape index (κ1) is 13.3. The molecule has 3 atom stereocenters. The Hall–Kier alpha value is -0.180. The highest BCUT2D eigenvalue weighted by Crippen LogP contribution is 2.39. The normalized spacial score (nSPS) is 29.2. The first-order valence-electron chi connectivity index (χ1n) is 6.37. The molecule has 2 N–H and O–H groups in total. The summed E-state index contributed by atoms with van der Waals surface area (Å²) >= 11 is 8.06. The van der Waals surface area contributed by atoms with Gasteiger partial charge in [0, 0.05) is 16.2 Å². The Morgan fingerprint density at radius 1 is 1.35 bits per heavy atom. The van der Waals surface area contributed by atoms with Crippen LogP contribution in [0.3, 0.4) is 0 Å². The van der Waals surface area contributed by atoms with E-state index in [9.17, 15) is 0 Å². The molecule has 1 fully saturated rings. The molecule has 1 aromatic rings. The first-order valence-corrected chi connectivity index (χ1v) is 7.63. The molecule has 0 aliphatic heterocycles. The average molecular weight is 270 g/mol. The van der Waals surface area contributed by atoms with E-state index in [-0.39, 0.29) is 0 Å². The molecule has 0 amide bonds. The van der Waals surface area contributed by atoms with Crippen LogP contribution in [0.15, 0.2) is 29.2 Å². The fraction of sp³-hybridized carbons (Fsp3) is 0.571. The Labute approximate surface area is 113 Å². The summed E-state index contributed by atoms with van der Waals surface area (Å²) in [5.41, 5.74) is 6.23. The van der Waals surface area contributed by atoms with Gasteiger partial charge in [0.15, 0.2) is 0 Å². The van der Waals surface area contributed by atoms with Crippen molar-refractivity contribution in [1.82, 2.24) is 0 Å². The summed E-state index contributed by atoms with van der Waals surface area (Å²) in [7, 11) is 0. The number of benzene rings is 1. The number of nitrogens with two attached hydrogens (primary N) is 1. The van der Waals surface area contributed by atoms with Gasteiger partial charge >= 0.3 is 0 Å². The monoisotopic (exact) mass is 269 g/mol. The summed E-state index contributed by atoms with van der Waals surface area (Å²) < 4.78 is 0. The molecule has 94 valence electrons. The van der Waals surface area contributed by atoms with Crippen molar-refractivity contribution in [3.63, 3.8) is 0 Å². The average Bonchev–Trinajstić information content (AvgIpc) is 2.35. The van der Waals surface area contributed by atoms with Crippen LogP contribution >= 0.6 is 23.4 Å². The van der Waals surface area contributed by atoms with Gasteiger partial charge in [-0.25, -0.2) is 0 Å². The number of thioether (sulfide) groups is 1. The first-order chi connectivity index (χ1) is 8.20. The van der Waals surface area contributed by atoms with Gasteiger partial charge in [-0.1, -0.05) is 37.1 Å². The molecule has 3 heteroatoms. The molecule has 0 spiro atoms. The van der Waals surface area contributed by atoms with Crippen LogP contribution in [0.1, 0.15) is 32.6 Å². The number of halogens is 1. The van der Waals surface area contributed by atoms with Crippen molar-refractivity contribution in [3.05, 3.63) is 29.3 Å². The van der Waals surface area contributed by atoms with Gasteiger partial charge in [-0.15, -0.1) is 11.8 Å². The number of rotatable bonds is 3. The molecule has 2 rings (SSSR count). The molecule has 0 saturated heterocycles. The van der Waals surface area contributed by atoms with Crippen LogP contribution in [0.4, 0.5) is 0 Å². The highest BCUT2D eigenvalue weighted by atomic mass is 35.5. The molecule has 0 heterocycles. The third-order valence-electron chi connectivity index (χ3n) is 3.64. The summed E-state index contributed by atoms with van der Waals surface area (Å²) in [5.74, 6) is 0.842. The predicted octanol–water partition coefficient (Wildman–Crippen LogP) is 4.34. The van der Waals surface area contributed by atoms with Gasteiger partial charge in [0.05, 0.1) is 5.02 Å². The molecule has 1 aliphatic carbocycles. The lowest BCUT2D eigenvalue weighted by molar-refractivity contribution is 0.327. The zero-order valence-corrected chi connectivity index (χ0v) is 11.8. The Balaban J connectivity index is 2.04. The number of hydrogen-bond donors (Lipinski definition) is 1. The minimum Gasteiger partial charge on any atom is -0.327 e. The Bertz CT molecular complexity index is 369. The second-order valence-electron chi connectivity index (χ2n) is 4.84. The Kier molecular flexibility index (Phi) is 4.78. The van der Waals surface area contributed by atoms with Crippen molar-refractivity contribution < 1.29 is 0 Å². The summed E-state index contributed by atoms with van der Waals surface area (Å²) in [6.45, 7) is 2.28. The molecule has 1 aliphatic rings. The quantitative estimate of drug-likeness (QED) is 0.883. The highest BCUT2D eigenvalue weighted by molar-refractivity contribution is 8.00. The summed E-state index contributed by atoms with van der Waals surface area (Å²) in [6, 6.07) is 8.38. The van der Waals surface area contributed by atoms with Crippen LogP contribution in [-0.4, -0.2) is 11.3 Å². The van der Waals surface area contributed by atoms with Crippen LogP contribution in [0.5, 0.6) is 0 Å². The maximum Gasteiger partial charge on any atom is 0.0541 e. The highest BCUT2D eigenvalue weighted by Gasteiger charge is 2.28. The van der Waals surface area contributed by atoms with Gasteiger partial charge in [0.1, 0.15) is 0 Å². The Morgan fingerprint density at radius 2 is 2.12 bits per heavy atom. The van der Waals surface area contributed by atoms with Crippen LogP contribution in [0.2, 0.25) is 5.02 Å². The van der Waals surface area contributed by atoms with E-state index in [1.165, 1.54) is 24.2 Å². The van der Waals surface area contributed by atoms with E-state index in [0.29, 0.717) is 11.3 Å². The molecule has 17 heavy (non-hydrogen) atoms. The molecule has 0 bridgehead atoms. The van der Waals surface area contributed by atoms with Crippen molar-refractivity contribution in [1.29, 1.82) is 0 Å². The molecule has 3 unspecified atom stereocenters. The van der Waals surface area contributed by atoms with Crippen LogP contribution in [0, 0.1) is 5.92 Å². The molecule has 0 radical (unpaired) electrons. The van der Waals surface area contributed by atoms with E-state index in [1.54, 1.807) is 0 Å². The predicted molar refractivity (Wildman–Crippen MR) is 76.7 cm³/mol. The van der Waals surface area contributed by atoms with E-state index in [1.807, 2.05) is 30.0 Å². The van der Waals surface area contributed by atoms with Crippen LogP contribution in [0.25, 0.3) is 0 Å². The molecular formula is C14H20ClNS. The lowest BCUT2D eigenvalue weighted by atomic mass is 9.84. The molecular weight excluding hydrogens is 250 g/mol. The van der Waals surface area contributed by atoms with E-state index in [4.69, 9.17) is 17.3 Å². The van der Waals surface area contributed by atoms with Crippen molar-refractivity contribution in [2.45, 2.75) is 48.8 Å². The largest absolute Gasteiger partial charge is 0.327 e.